The van der Waals surface area contributed by atoms with Crippen LogP contribution in [-0.2, 0) is 0 Å². The van der Waals surface area contributed by atoms with Crippen LogP contribution in [0.4, 0.5) is 13.2 Å². The highest BCUT2D eigenvalue weighted by Gasteiger charge is 2.39. The van der Waals surface area contributed by atoms with E-state index < -0.39 is 18.2 Å². The van der Waals surface area contributed by atoms with Gasteiger partial charge in [-0.2, -0.15) is 20.0 Å². The van der Waals surface area contributed by atoms with Gasteiger partial charge in [0.25, 0.3) is 11.8 Å². The van der Waals surface area contributed by atoms with Crippen LogP contribution >= 0.6 is 0 Å². The van der Waals surface area contributed by atoms with E-state index in [9.17, 15) is 18.0 Å². The Morgan fingerprint density at radius 1 is 1.15 bits per heavy atom. The average molecular weight is 470 g/mol. The van der Waals surface area contributed by atoms with Gasteiger partial charge < -0.3 is 14.2 Å². The molecule has 2 aromatic carbocycles. The highest BCUT2D eigenvalue weighted by atomic mass is 19.4. The van der Waals surface area contributed by atoms with Crippen LogP contribution in [0.15, 0.2) is 59.4 Å². The molecule has 9 nitrogen and oxygen atoms in total. The van der Waals surface area contributed by atoms with Gasteiger partial charge in [0.15, 0.2) is 5.82 Å². The summed E-state index contributed by atoms with van der Waals surface area (Å²) < 4.78 is 47.6. The van der Waals surface area contributed by atoms with E-state index in [1.165, 1.54) is 35.4 Å². The maximum Gasteiger partial charge on any atom is 0.573 e. The Morgan fingerprint density at radius 2 is 1.91 bits per heavy atom. The van der Waals surface area contributed by atoms with Gasteiger partial charge in [-0.1, -0.05) is 28.9 Å². The van der Waals surface area contributed by atoms with Gasteiger partial charge in [0, 0.05) is 6.54 Å². The third kappa shape index (κ3) is 4.09. The Bertz CT molecular complexity index is 1340. The van der Waals surface area contributed by atoms with Gasteiger partial charge in [-0.15, -0.1) is 13.2 Å². The molecule has 3 heterocycles. The molecule has 0 spiro atoms. The standard InChI is InChI=1S/C22H17F3N6O3/c1-13-6-7-16(31-26-9-10-27-31)15(12-13)21(32)30-11-8-17(30)19-28-20(34-29-19)14-4-2-3-5-18(14)33-22(23,24)25/h2-7,9-10,12,17H,8,11H2,1H3. The Kier molecular flexibility index (Phi) is 5.27. The molecule has 1 amide bonds. The number of hydrogen-bond acceptors (Lipinski definition) is 7. The van der Waals surface area contributed by atoms with E-state index in [-0.39, 0.29) is 23.2 Å². The summed E-state index contributed by atoms with van der Waals surface area (Å²) in [4.78, 5) is 20.6. The molecule has 1 saturated heterocycles. The van der Waals surface area contributed by atoms with Crippen molar-refractivity contribution in [1.82, 2.24) is 30.0 Å². The quantitative estimate of drug-likeness (QED) is 0.433. The van der Waals surface area contributed by atoms with Gasteiger partial charge in [-0.3, -0.25) is 4.79 Å². The van der Waals surface area contributed by atoms with E-state index in [1.54, 1.807) is 17.0 Å². The number of benzene rings is 2. The molecule has 0 radical (unpaired) electrons. The van der Waals surface area contributed by atoms with Crippen LogP contribution in [0.25, 0.3) is 17.1 Å². The molecule has 4 aromatic rings. The third-order valence-corrected chi connectivity index (χ3v) is 5.38. The minimum Gasteiger partial charge on any atom is -0.405 e. The third-order valence-electron chi connectivity index (χ3n) is 5.38. The van der Waals surface area contributed by atoms with Crippen LogP contribution in [-0.4, -0.2) is 48.8 Å². The van der Waals surface area contributed by atoms with Crippen molar-refractivity contribution in [2.24, 2.45) is 0 Å². The molecule has 174 valence electrons. The zero-order valence-electron chi connectivity index (χ0n) is 17.7. The predicted molar refractivity (Wildman–Crippen MR) is 111 cm³/mol. The number of likely N-dealkylation sites (tertiary alicyclic amines) is 1. The SMILES string of the molecule is Cc1ccc(-n2nccn2)c(C(=O)N2CCC2c2noc(-c3ccccc3OC(F)(F)F)n2)c1. The minimum atomic E-state index is -4.87. The van der Waals surface area contributed by atoms with E-state index in [1.807, 2.05) is 13.0 Å². The Labute approximate surface area is 190 Å². The van der Waals surface area contributed by atoms with Gasteiger partial charge in [0.05, 0.1) is 35.2 Å². The highest BCUT2D eigenvalue weighted by Crippen LogP contribution is 2.37. The first-order valence-corrected chi connectivity index (χ1v) is 10.3. The predicted octanol–water partition coefficient (Wildman–Crippen LogP) is 4.11. The van der Waals surface area contributed by atoms with Crippen LogP contribution in [0.5, 0.6) is 5.75 Å². The molecule has 1 fully saturated rings. The number of alkyl halides is 3. The van der Waals surface area contributed by atoms with Gasteiger partial charge >= 0.3 is 6.36 Å². The van der Waals surface area contributed by atoms with Crippen molar-refractivity contribution in [2.75, 3.05) is 6.54 Å². The average Bonchev–Trinajstić information content (AvgIpc) is 3.45. The molecule has 1 unspecified atom stereocenters. The van der Waals surface area contributed by atoms with Crippen molar-refractivity contribution >= 4 is 5.91 Å². The van der Waals surface area contributed by atoms with Gasteiger partial charge in [0.1, 0.15) is 5.75 Å². The maximum absolute atomic E-state index is 13.4. The zero-order chi connectivity index (χ0) is 23.9. The van der Waals surface area contributed by atoms with Gasteiger partial charge in [-0.25, -0.2) is 0 Å². The second-order valence-corrected chi connectivity index (χ2v) is 7.64. The van der Waals surface area contributed by atoms with E-state index in [0.29, 0.717) is 24.2 Å². The molecular weight excluding hydrogens is 453 g/mol. The largest absolute Gasteiger partial charge is 0.573 e. The summed E-state index contributed by atoms with van der Waals surface area (Å²) in [6, 6.07) is 10.4. The number of carbonyl (C=O) groups excluding carboxylic acids is 1. The molecule has 1 aliphatic rings. The molecular formula is C22H17F3N6O3. The number of aryl methyl sites for hydroxylation is 1. The summed E-state index contributed by atoms with van der Waals surface area (Å²) in [6.07, 6.45) is -1.26. The number of halogens is 3. The van der Waals surface area contributed by atoms with Crippen LogP contribution in [0, 0.1) is 6.92 Å². The second-order valence-electron chi connectivity index (χ2n) is 7.64. The number of aromatic nitrogens is 5. The van der Waals surface area contributed by atoms with E-state index in [0.717, 1.165) is 11.6 Å². The molecule has 5 rings (SSSR count). The lowest BCUT2D eigenvalue weighted by atomic mass is 9.99. The van der Waals surface area contributed by atoms with Crippen molar-refractivity contribution in [3.8, 4) is 22.9 Å². The molecule has 0 N–H and O–H groups in total. The van der Waals surface area contributed by atoms with Crippen LogP contribution in [0.1, 0.15) is 34.2 Å². The van der Waals surface area contributed by atoms with Gasteiger partial charge in [-0.05, 0) is 37.6 Å². The molecule has 12 heteroatoms. The number of amides is 1. The topological polar surface area (TPSA) is 99.2 Å². The first kappa shape index (κ1) is 21.6. The molecule has 0 aliphatic carbocycles. The fourth-order valence-corrected chi connectivity index (χ4v) is 3.73. The first-order valence-electron chi connectivity index (χ1n) is 10.3. The molecule has 0 bridgehead atoms. The normalized spacial score (nSPS) is 15.8. The lowest BCUT2D eigenvalue weighted by molar-refractivity contribution is -0.274. The number of carbonyl (C=O) groups is 1. The van der Waals surface area contributed by atoms with Crippen LogP contribution < -0.4 is 4.74 Å². The Hall–Kier alpha value is -4.22. The molecule has 1 aliphatic heterocycles. The number of nitrogens with zero attached hydrogens (tertiary/aromatic N) is 6. The molecule has 2 aromatic heterocycles. The fraction of sp³-hybridized carbons (Fsp3) is 0.227. The molecule has 1 atom stereocenters. The summed E-state index contributed by atoms with van der Waals surface area (Å²) in [5.74, 6) is -0.656. The second kappa shape index (κ2) is 8.28. The molecule has 34 heavy (non-hydrogen) atoms. The summed E-state index contributed by atoms with van der Waals surface area (Å²) >= 11 is 0. The smallest absolute Gasteiger partial charge is 0.405 e. The first-order chi connectivity index (χ1) is 16.3. The van der Waals surface area contributed by atoms with Crippen molar-refractivity contribution in [2.45, 2.75) is 25.7 Å². The van der Waals surface area contributed by atoms with E-state index in [2.05, 4.69) is 25.1 Å². The summed E-state index contributed by atoms with van der Waals surface area (Å²) in [5, 5.41) is 12.1. The minimum absolute atomic E-state index is 0.00139. The summed E-state index contributed by atoms with van der Waals surface area (Å²) in [7, 11) is 0. The number of hydrogen-bond donors (Lipinski definition) is 0. The monoisotopic (exact) mass is 470 g/mol. The number of ether oxygens (including phenoxy) is 1. The highest BCUT2D eigenvalue weighted by molar-refractivity contribution is 5.98. The lowest BCUT2D eigenvalue weighted by Gasteiger charge is -2.39. The van der Waals surface area contributed by atoms with Gasteiger partial charge in [0.2, 0.25) is 0 Å². The van der Waals surface area contributed by atoms with E-state index >= 15 is 0 Å². The Balaban J connectivity index is 1.42. The van der Waals surface area contributed by atoms with Crippen molar-refractivity contribution in [3.05, 3.63) is 71.8 Å². The zero-order valence-corrected chi connectivity index (χ0v) is 17.7. The fourth-order valence-electron chi connectivity index (χ4n) is 3.73. The lowest BCUT2D eigenvalue weighted by Crippen LogP contribution is -2.46. The number of para-hydroxylation sites is 1. The summed E-state index contributed by atoms with van der Waals surface area (Å²) in [5.41, 5.74) is 1.83. The van der Waals surface area contributed by atoms with E-state index in [4.69, 9.17) is 4.52 Å². The van der Waals surface area contributed by atoms with Crippen molar-refractivity contribution in [3.63, 3.8) is 0 Å². The van der Waals surface area contributed by atoms with Crippen molar-refractivity contribution < 1.29 is 27.2 Å². The number of rotatable bonds is 5. The van der Waals surface area contributed by atoms with Crippen LogP contribution in [0.3, 0.4) is 0 Å². The molecule has 0 saturated carbocycles. The van der Waals surface area contributed by atoms with Crippen molar-refractivity contribution in [1.29, 1.82) is 0 Å². The van der Waals surface area contributed by atoms with Crippen LogP contribution in [0.2, 0.25) is 0 Å². The summed E-state index contributed by atoms with van der Waals surface area (Å²) in [6.45, 7) is 2.33. The maximum atomic E-state index is 13.4. The Morgan fingerprint density at radius 3 is 2.62 bits per heavy atom.